The van der Waals surface area contributed by atoms with E-state index in [0.717, 1.165) is 10.0 Å². The molecule has 5 nitrogen and oxygen atoms in total. The summed E-state index contributed by atoms with van der Waals surface area (Å²) in [6.07, 6.45) is 0.665. The molecule has 0 aliphatic heterocycles. The van der Waals surface area contributed by atoms with E-state index in [1.54, 1.807) is 18.9 Å². The van der Waals surface area contributed by atoms with Gasteiger partial charge in [0.1, 0.15) is 11.8 Å². The maximum atomic E-state index is 12.9. The number of hydrogen-bond acceptors (Lipinski definition) is 3. The molecule has 1 N–H and O–H groups in total. The van der Waals surface area contributed by atoms with Crippen molar-refractivity contribution in [1.29, 1.82) is 0 Å². The Morgan fingerprint density at radius 3 is 2.37 bits per heavy atom. The van der Waals surface area contributed by atoms with Gasteiger partial charge < -0.3 is 15.0 Å². The van der Waals surface area contributed by atoms with Crippen LogP contribution in [0.5, 0.6) is 5.75 Å². The Balaban J connectivity index is 2.09. The van der Waals surface area contributed by atoms with Crippen molar-refractivity contribution < 1.29 is 14.3 Å². The lowest BCUT2D eigenvalue weighted by molar-refractivity contribution is -0.141. The van der Waals surface area contributed by atoms with Gasteiger partial charge >= 0.3 is 0 Å². The molecule has 0 bridgehead atoms. The Morgan fingerprint density at radius 2 is 1.80 bits per heavy atom. The third-order valence-corrected chi connectivity index (χ3v) is 5.67. The van der Waals surface area contributed by atoms with E-state index < -0.39 is 6.04 Å². The Labute approximate surface area is 187 Å². The lowest BCUT2D eigenvalue weighted by atomic mass is 9.87. The molecular weight excluding hydrogens is 444 g/mol. The molecule has 2 amide bonds. The largest absolute Gasteiger partial charge is 0.483 e. The molecule has 0 heterocycles. The first-order chi connectivity index (χ1) is 14.1. The third-order valence-electron chi connectivity index (χ3n) is 5.05. The Kier molecular flexibility index (Phi) is 8.47. The van der Waals surface area contributed by atoms with E-state index in [2.05, 4.69) is 42.0 Å². The van der Waals surface area contributed by atoms with Crippen LogP contribution in [0.3, 0.4) is 0 Å². The molecule has 0 spiro atoms. The normalized spacial score (nSPS) is 12.2. The number of nitrogens with zero attached hydrogens (tertiary/aromatic N) is 1. The van der Waals surface area contributed by atoms with Crippen LogP contribution in [0.15, 0.2) is 53.0 Å². The highest BCUT2D eigenvalue weighted by Gasteiger charge is 2.25. The minimum atomic E-state index is -0.582. The molecule has 0 aliphatic rings. The van der Waals surface area contributed by atoms with Crippen LogP contribution in [0.25, 0.3) is 0 Å². The molecule has 0 radical (unpaired) electrons. The quantitative estimate of drug-likeness (QED) is 0.619. The molecule has 30 heavy (non-hydrogen) atoms. The number of halogens is 1. The standard InChI is InChI=1S/C24H31BrN2O3/c1-17(23(29)26-5)27(14-13-18-9-7-6-8-10-18)22(28)16-30-21-12-11-19(15-20(21)25)24(2,3)4/h6-12,15,17H,13-14,16H2,1-5H3,(H,26,29). The van der Waals surface area contributed by atoms with E-state index in [4.69, 9.17) is 4.74 Å². The van der Waals surface area contributed by atoms with Crippen LogP contribution in [0.1, 0.15) is 38.8 Å². The highest BCUT2D eigenvalue weighted by molar-refractivity contribution is 9.10. The van der Waals surface area contributed by atoms with Gasteiger partial charge in [0, 0.05) is 13.6 Å². The number of amides is 2. The van der Waals surface area contributed by atoms with E-state index in [0.29, 0.717) is 18.7 Å². The maximum Gasteiger partial charge on any atom is 0.261 e. The number of carbonyl (C=O) groups excluding carboxylic acids is 2. The second-order valence-corrected chi connectivity index (χ2v) is 9.15. The fraction of sp³-hybridized carbons (Fsp3) is 0.417. The first-order valence-electron chi connectivity index (χ1n) is 10.1. The van der Waals surface area contributed by atoms with Gasteiger partial charge in [-0.2, -0.15) is 0 Å². The molecule has 6 heteroatoms. The van der Waals surface area contributed by atoms with Gasteiger partial charge in [-0.3, -0.25) is 9.59 Å². The lowest BCUT2D eigenvalue weighted by Crippen LogP contribution is -2.49. The summed E-state index contributed by atoms with van der Waals surface area (Å²) in [5.74, 6) is 0.174. The molecule has 0 aromatic heterocycles. The topological polar surface area (TPSA) is 58.6 Å². The molecule has 0 fully saturated rings. The number of hydrogen-bond donors (Lipinski definition) is 1. The van der Waals surface area contributed by atoms with Crippen molar-refractivity contribution in [2.45, 2.75) is 45.6 Å². The number of rotatable bonds is 8. The van der Waals surface area contributed by atoms with Crippen molar-refractivity contribution in [2.24, 2.45) is 0 Å². The zero-order valence-corrected chi connectivity index (χ0v) is 20.0. The zero-order valence-electron chi connectivity index (χ0n) is 18.4. The molecule has 1 atom stereocenters. The van der Waals surface area contributed by atoms with E-state index in [1.807, 2.05) is 48.5 Å². The first-order valence-corrected chi connectivity index (χ1v) is 10.9. The van der Waals surface area contributed by atoms with Crippen LogP contribution < -0.4 is 10.1 Å². The lowest BCUT2D eigenvalue weighted by Gasteiger charge is -2.28. The van der Waals surface area contributed by atoms with Crippen LogP contribution in [-0.4, -0.2) is 43.0 Å². The number of benzene rings is 2. The van der Waals surface area contributed by atoms with Crippen LogP contribution in [0.4, 0.5) is 0 Å². The molecule has 0 saturated heterocycles. The number of likely N-dealkylation sites (N-methyl/N-ethyl adjacent to an activating group) is 1. The van der Waals surface area contributed by atoms with Crippen molar-refractivity contribution in [2.75, 3.05) is 20.2 Å². The molecule has 2 aromatic carbocycles. The summed E-state index contributed by atoms with van der Waals surface area (Å²) in [6, 6.07) is 15.2. The average molecular weight is 475 g/mol. The zero-order chi connectivity index (χ0) is 22.3. The monoisotopic (exact) mass is 474 g/mol. The highest BCUT2D eigenvalue weighted by Crippen LogP contribution is 2.31. The predicted molar refractivity (Wildman–Crippen MR) is 124 cm³/mol. The fourth-order valence-electron chi connectivity index (χ4n) is 3.09. The van der Waals surface area contributed by atoms with Gasteiger partial charge in [0.05, 0.1) is 4.47 Å². The van der Waals surface area contributed by atoms with E-state index >= 15 is 0 Å². The molecule has 0 aliphatic carbocycles. The third kappa shape index (κ3) is 6.59. The Bertz CT molecular complexity index is 862. The van der Waals surface area contributed by atoms with Crippen molar-refractivity contribution in [1.82, 2.24) is 10.2 Å². The van der Waals surface area contributed by atoms with E-state index in [-0.39, 0.29) is 23.8 Å². The second-order valence-electron chi connectivity index (χ2n) is 8.30. The van der Waals surface area contributed by atoms with E-state index in [9.17, 15) is 9.59 Å². The van der Waals surface area contributed by atoms with Crippen LogP contribution in [0, 0.1) is 0 Å². The molecular formula is C24H31BrN2O3. The Hall–Kier alpha value is -2.34. The molecule has 2 aromatic rings. The maximum absolute atomic E-state index is 12.9. The number of ether oxygens (including phenoxy) is 1. The number of nitrogens with one attached hydrogen (secondary N) is 1. The molecule has 2 rings (SSSR count). The smallest absolute Gasteiger partial charge is 0.261 e. The van der Waals surface area contributed by atoms with Crippen molar-refractivity contribution in [3.05, 3.63) is 64.1 Å². The van der Waals surface area contributed by atoms with Crippen molar-refractivity contribution in [3.8, 4) is 5.75 Å². The SMILES string of the molecule is CNC(=O)C(C)N(CCc1ccccc1)C(=O)COc1ccc(C(C)(C)C)cc1Br. The Morgan fingerprint density at radius 1 is 1.13 bits per heavy atom. The van der Waals surface area contributed by atoms with Gasteiger partial charge in [0.2, 0.25) is 5.91 Å². The minimum Gasteiger partial charge on any atom is -0.483 e. The minimum absolute atomic E-state index is 0.0219. The van der Waals surface area contributed by atoms with Gasteiger partial charge in [-0.15, -0.1) is 0 Å². The summed E-state index contributed by atoms with van der Waals surface area (Å²) in [7, 11) is 1.57. The van der Waals surface area contributed by atoms with Crippen LogP contribution >= 0.6 is 15.9 Å². The summed E-state index contributed by atoms with van der Waals surface area (Å²) in [4.78, 5) is 26.7. The summed E-state index contributed by atoms with van der Waals surface area (Å²) in [6.45, 7) is 8.46. The molecule has 0 saturated carbocycles. The van der Waals surface area contributed by atoms with Gasteiger partial charge in [-0.1, -0.05) is 57.2 Å². The first kappa shape index (κ1) is 23.9. The molecule has 162 valence electrons. The van der Waals surface area contributed by atoms with Crippen LogP contribution in [0.2, 0.25) is 0 Å². The van der Waals surface area contributed by atoms with Gasteiger partial charge in [-0.25, -0.2) is 0 Å². The fourth-order valence-corrected chi connectivity index (χ4v) is 3.58. The van der Waals surface area contributed by atoms with Gasteiger partial charge in [0.15, 0.2) is 6.61 Å². The highest BCUT2D eigenvalue weighted by atomic mass is 79.9. The number of carbonyl (C=O) groups is 2. The van der Waals surface area contributed by atoms with Crippen molar-refractivity contribution >= 4 is 27.7 Å². The average Bonchev–Trinajstić information content (AvgIpc) is 2.72. The summed E-state index contributed by atoms with van der Waals surface area (Å²) >= 11 is 3.54. The van der Waals surface area contributed by atoms with Gasteiger partial charge in [-0.05, 0) is 57.9 Å². The molecule has 1 unspecified atom stereocenters. The van der Waals surface area contributed by atoms with Gasteiger partial charge in [0.25, 0.3) is 5.91 Å². The predicted octanol–water partition coefficient (Wildman–Crippen LogP) is 4.33. The van der Waals surface area contributed by atoms with Crippen LogP contribution in [-0.2, 0) is 21.4 Å². The summed E-state index contributed by atoms with van der Waals surface area (Å²) < 4.78 is 6.60. The summed E-state index contributed by atoms with van der Waals surface area (Å²) in [5.41, 5.74) is 2.31. The van der Waals surface area contributed by atoms with E-state index in [1.165, 1.54) is 5.56 Å². The summed E-state index contributed by atoms with van der Waals surface area (Å²) in [5, 5.41) is 2.62. The van der Waals surface area contributed by atoms with Crippen molar-refractivity contribution in [3.63, 3.8) is 0 Å². The second kappa shape index (κ2) is 10.6.